The van der Waals surface area contributed by atoms with Crippen LogP contribution in [0.1, 0.15) is 23.2 Å². The molecule has 3 aromatic rings. The van der Waals surface area contributed by atoms with Crippen molar-refractivity contribution in [3.8, 4) is 22.8 Å². The van der Waals surface area contributed by atoms with E-state index in [1.165, 1.54) is 5.56 Å². The Balaban J connectivity index is 1.80. The molecular weight excluding hydrogens is 366 g/mol. The monoisotopic (exact) mass is 393 g/mol. The molecule has 2 aromatic carbocycles. The third-order valence-electron chi connectivity index (χ3n) is 4.95. The summed E-state index contributed by atoms with van der Waals surface area (Å²) in [6.45, 7) is 5.24. The summed E-state index contributed by atoms with van der Waals surface area (Å²) in [4.78, 5) is 11.0. The maximum Gasteiger partial charge on any atom is 0.303 e. The summed E-state index contributed by atoms with van der Waals surface area (Å²) in [7, 11) is 1.64. The lowest BCUT2D eigenvalue weighted by atomic mass is 10.1. The second-order valence-corrected chi connectivity index (χ2v) is 7.10. The van der Waals surface area contributed by atoms with E-state index in [0.717, 1.165) is 34.0 Å². The van der Waals surface area contributed by atoms with Gasteiger partial charge in [-0.05, 0) is 73.9 Å². The van der Waals surface area contributed by atoms with Crippen LogP contribution in [0.2, 0.25) is 0 Å². The van der Waals surface area contributed by atoms with Gasteiger partial charge in [0.15, 0.2) is 0 Å². The highest BCUT2D eigenvalue weighted by atomic mass is 16.5. The summed E-state index contributed by atoms with van der Waals surface area (Å²) in [6.07, 6.45) is 0.582. The number of methoxy groups -OCH3 is 1. The van der Waals surface area contributed by atoms with E-state index >= 15 is 0 Å². The van der Waals surface area contributed by atoms with Crippen LogP contribution in [0.5, 0.6) is 11.5 Å². The number of aryl methyl sites for hydroxylation is 3. The van der Waals surface area contributed by atoms with E-state index in [0.29, 0.717) is 19.6 Å². The Morgan fingerprint density at radius 1 is 1.03 bits per heavy atom. The van der Waals surface area contributed by atoms with E-state index in [1.54, 1.807) is 7.11 Å². The third kappa shape index (κ3) is 5.19. The number of hydrogen-bond acceptors (Lipinski definition) is 3. The SMILES string of the molecule is COc1ccc(-c2ccc(CCC(=O)O)n2CCOc2ccc(C)cc2C)cc1. The van der Waals surface area contributed by atoms with Crippen molar-refractivity contribution in [1.82, 2.24) is 4.57 Å². The van der Waals surface area contributed by atoms with Crippen molar-refractivity contribution in [2.75, 3.05) is 13.7 Å². The lowest BCUT2D eigenvalue weighted by Gasteiger charge is -2.16. The van der Waals surface area contributed by atoms with Gasteiger partial charge >= 0.3 is 5.97 Å². The van der Waals surface area contributed by atoms with Gasteiger partial charge < -0.3 is 19.1 Å². The fraction of sp³-hybridized carbons (Fsp3) is 0.292. The third-order valence-corrected chi connectivity index (χ3v) is 4.95. The first-order valence-corrected chi connectivity index (χ1v) is 9.72. The standard InChI is InChI=1S/C24H27NO4/c1-17-4-12-23(18(2)16-17)29-15-14-25-20(8-13-24(26)27)7-11-22(25)19-5-9-21(28-3)10-6-19/h4-7,9-12,16H,8,13-15H2,1-3H3,(H,26,27). The second-order valence-electron chi connectivity index (χ2n) is 7.10. The average Bonchev–Trinajstić information content (AvgIpc) is 3.11. The summed E-state index contributed by atoms with van der Waals surface area (Å²) in [5.41, 5.74) is 5.40. The summed E-state index contributed by atoms with van der Waals surface area (Å²) in [6, 6.07) is 18.1. The first-order chi connectivity index (χ1) is 14.0. The Morgan fingerprint density at radius 3 is 2.45 bits per heavy atom. The Bertz CT molecular complexity index is 973. The van der Waals surface area contributed by atoms with Crippen LogP contribution < -0.4 is 9.47 Å². The molecule has 0 saturated heterocycles. The first kappa shape index (κ1) is 20.5. The predicted octanol–water partition coefficient (Wildman–Crippen LogP) is 4.88. The molecule has 5 nitrogen and oxygen atoms in total. The summed E-state index contributed by atoms with van der Waals surface area (Å²) in [5.74, 6) is 0.882. The van der Waals surface area contributed by atoms with Gasteiger partial charge in [0, 0.05) is 11.4 Å². The largest absolute Gasteiger partial charge is 0.497 e. The number of aliphatic carboxylic acids is 1. The minimum absolute atomic E-state index is 0.101. The molecule has 152 valence electrons. The topological polar surface area (TPSA) is 60.7 Å². The van der Waals surface area contributed by atoms with Crippen LogP contribution in [-0.2, 0) is 17.8 Å². The molecule has 0 atom stereocenters. The quantitative estimate of drug-likeness (QED) is 0.563. The zero-order valence-electron chi connectivity index (χ0n) is 17.1. The molecule has 0 saturated carbocycles. The number of ether oxygens (including phenoxy) is 2. The van der Waals surface area contributed by atoms with Gasteiger partial charge in [-0.2, -0.15) is 0 Å². The fourth-order valence-electron chi connectivity index (χ4n) is 3.45. The number of carboxylic acids is 1. The highest BCUT2D eigenvalue weighted by molar-refractivity contribution is 5.67. The van der Waals surface area contributed by atoms with Gasteiger partial charge in [-0.25, -0.2) is 0 Å². The molecule has 0 aliphatic rings. The number of rotatable bonds is 9. The molecule has 5 heteroatoms. The number of hydrogen-bond donors (Lipinski definition) is 1. The molecule has 0 bridgehead atoms. The summed E-state index contributed by atoms with van der Waals surface area (Å²) in [5, 5.41) is 9.08. The molecule has 0 radical (unpaired) electrons. The van der Waals surface area contributed by atoms with E-state index in [1.807, 2.05) is 55.5 Å². The number of benzene rings is 2. The van der Waals surface area contributed by atoms with Crippen LogP contribution in [0, 0.1) is 13.8 Å². The van der Waals surface area contributed by atoms with Crippen molar-refractivity contribution >= 4 is 5.97 Å². The Hall–Kier alpha value is -3.21. The Kier molecular flexibility index (Phi) is 6.60. The van der Waals surface area contributed by atoms with Crippen molar-refractivity contribution < 1.29 is 19.4 Å². The molecule has 0 aliphatic carbocycles. The van der Waals surface area contributed by atoms with Crippen molar-refractivity contribution in [2.45, 2.75) is 33.2 Å². The number of carbonyl (C=O) groups is 1. The molecule has 0 aliphatic heterocycles. The maximum atomic E-state index is 11.0. The predicted molar refractivity (Wildman–Crippen MR) is 114 cm³/mol. The van der Waals surface area contributed by atoms with Crippen molar-refractivity contribution in [1.29, 1.82) is 0 Å². The van der Waals surface area contributed by atoms with Crippen LogP contribution in [0.4, 0.5) is 0 Å². The van der Waals surface area contributed by atoms with E-state index in [2.05, 4.69) is 17.6 Å². The molecule has 3 rings (SSSR count). The molecule has 1 heterocycles. The van der Waals surface area contributed by atoms with Gasteiger partial charge in [0.05, 0.1) is 20.1 Å². The van der Waals surface area contributed by atoms with E-state index < -0.39 is 5.97 Å². The molecule has 0 amide bonds. The molecular formula is C24H27NO4. The number of nitrogens with zero attached hydrogens (tertiary/aromatic N) is 1. The Labute approximate surface area is 171 Å². The van der Waals surface area contributed by atoms with Gasteiger partial charge in [-0.3, -0.25) is 4.79 Å². The maximum absolute atomic E-state index is 11.0. The zero-order chi connectivity index (χ0) is 20.8. The van der Waals surface area contributed by atoms with E-state index in [4.69, 9.17) is 14.6 Å². The average molecular weight is 393 g/mol. The summed E-state index contributed by atoms with van der Waals surface area (Å²) >= 11 is 0. The van der Waals surface area contributed by atoms with Gasteiger partial charge in [-0.15, -0.1) is 0 Å². The highest BCUT2D eigenvalue weighted by Gasteiger charge is 2.12. The normalized spacial score (nSPS) is 10.7. The van der Waals surface area contributed by atoms with Crippen LogP contribution in [0.3, 0.4) is 0 Å². The van der Waals surface area contributed by atoms with Crippen LogP contribution >= 0.6 is 0 Å². The van der Waals surface area contributed by atoms with Gasteiger partial charge in [0.1, 0.15) is 18.1 Å². The van der Waals surface area contributed by atoms with Gasteiger partial charge in [0.25, 0.3) is 0 Å². The van der Waals surface area contributed by atoms with E-state index in [-0.39, 0.29) is 6.42 Å². The number of aromatic nitrogens is 1. The van der Waals surface area contributed by atoms with Crippen LogP contribution in [0.25, 0.3) is 11.3 Å². The minimum atomic E-state index is -0.796. The van der Waals surface area contributed by atoms with Crippen LogP contribution in [-0.4, -0.2) is 29.4 Å². The van der Waals surface area contributed by atoms with Crippen LogP contribution in [0.15, 0.2) is 54.6 Å². The van der Waals surface area contributed by atoms with Gasteiger partial charge in [-0.1, -0.05) is 17.7 Å². The zero-order valence-corrected chi connectivity index (χ0v) is 17.1. The Morgan fingerprint density at radius 2 is 1.79 bits per heavy atom. The minimum Gasteiger partial charge on any atom is -0.497 e. The first-order valence-electron chi connectivity index (χ1n) is 9.72. The number of carboxylic acid groups (broad SMARTS) is 1. The van der Waals surface area contributed by atoms with Crippen molar-refractivity contribution in [3.63, 3.8) is 0 Å². The highest BCUT2D eigenvalue weighted by Crippen LogP contribution is 2.26. The lowest BCUT2D eigenvalue weighted by Crippen LogP contribution is -2.13. The molecule has 1 aromatic heterocycles. The van der Waals surface area contributed by atoms with Crippen molar-refractivity contribution in [3.05, 3.63) is 71.4 Å². The lowest BCUT2D eigenvalue weighted by molar-refractivity contribution is -0.136. The smallest absolute Gasteiger partial charge is 0.303 e. The van der Waals surface area contributed by atoms with E-state index in [9.17, 15) is 4.79 Å². The molecule has 1 N–H and O–H groups in total. The molecule has 0 spiro atoms. The molecule has 0 fully saturated rings. The second kappa shape index (κ2) is 9.32. The summed E-state index contributed by atoms with van der Waals surface area (Å²) < 4.78 is 13.4. The molecule has 0 unspecified atom stereocenters. The van der Waals surface area contributed by atoms with Gasteiger partial charge in [0.2, 0.25) is 0 Å². The van der Waals surface area contributed by atoms with Crippen molar-refractivity contribution in [2.24, 2.45) is 0 Å². The molecule has 29 heavy (non-hydrogen) atoms. The fourth-order valence-corrected chi connectivity index (χ4v) is 3.45.